The molecule has 1 aromatic rings. The van der Waals surface area contributed by atoms with E-state index >= 15 is 0 Å². The van der Waals surface area contributed by atoms with Gasteiger partial charge in [-0.1, -0.05) is 57.0 Å². The molecule has 100 valence electrons. The monoisotopic (exact) mass is 250 g/mol. The highest BCUT2D eigenvalue weighted by Crippen LogP contribution is 2.39. The zero-order valence-electron chi connectivity index (χ0n) is 9.80. The molecule has 18 heavy (non-hydrogen) atoms. The number of aliphatic hydroxyl groups is 1. The molecular formula is C15H22O3. The summed E-state index contributed by atoms with van der Waals surface area (Å²) in [6.45, 7) is 0. The van der Waals surface area contributed by atoms with Gasteiger partial charge in [-0.25, -0.2) is 4.79 Å². The molecule has 0 aliphatic heterocycles. The van der Waals surface area contributed by atoms with Gasteiger partial charge in [-0.2, -0.15) is 0 Å². The van der Waals surface area contributed by atoms with Gasteiger partial charge >= 0.3 is 5.97 Å². The van der Waals surface area contributed by atoms with E-state index in [4.69, 9.17) is 0 Å². The Kier molecular flexibility index (Phi) is 4.91. The fourth-order valence-electron chi connectivity index (χ4n) is 2.75. The Morgan fingerprint density at radius 3 is 2.17 bits per heavy atom. The minimum absolute atomic E-state index is 0. The van der Waals surface area contributed by atoms with Gasteiger partial charge in [0.2, 0.25) is 0 Å². The normalized spacial score (nSPS) is 19.6. The van der Waals surface area contributed by atoms with E-state index in [1.165, 1.54) is 0 Å². The predicted molar refractivity (Wildman–Crippen MR) is 71.3 cm³/mol. The van der Waals surface area contributed by atoms with Crippen LogP contribution in [0.4, 0.5) is 0 Å². The van der Waals surface area contributed by atoms with Crippen molar-refractivity contribution in [2.24, 2.45) is 5.92 Å². The van der Waals surface area contributed by atoms with Crippen molar-refractivity contribution in [1.82, 2.24) is 0 Å². The molecular weight excluding hydrogens is 228 g/mol. The van der Waals surface area contributed by atoms with Crippen molar-refractivity contribution in [1.29, 1.82) is 0 Å². The fourth-order valence-corrected chi connectivity index (χ4v) is 2.75. The van der Waals surface area contributed by atoms with Gasteiger partial charge in [0.1, 0.15) is 0 Å². The Hall–Kier alpha value is -1.35. The number of aliphatic carboxylic acids is 1. The van der Waals surface area contributed by atoms with Crippen LogP contribution in [-0.2, 0) is 10.4 Å². The Morgan fingerprint density at radius 2 is 1.67 bits per heavy atom. The molecule has 0 amide bonds. The van der Waals surface area contributed by atoms with Crippen molar-refractivity contribution in [2.45, 2.75) is 45.1 Å². The highest BCUT2D eigenvalue weighted by Gasteiger charge is 2.45. The number of carboxylic acid groups (broad SMARTS) is 1. The van der Waals surface area contributed by atoms with Gasteiger partial charge in [0.15, 0.2) is 5.60 Å². The SMILES string of the molecule is C.O=C(O)C(O)(c1ccccc1)C1CCCCC1. The zero-order chi connectivity index (χ0) is 12.3. The van der Waals surface area contributed by atoms with Crippen LogP contribution < -0.4 is 0 Å². The van der Waals surface area contributed by atoms with Gasteiger partial charge in [-0.05, 0) is 18.4 Å². The van der Waals surface area contributed by atoms with Gasteiger partial charge in [-0.15, -0.1) is 0 Å². The van der Waals surface area contributed by atoms with Crippen molar-refractivity contribution in [2.75, 3.05) is 0 Å². The molecule has 0 aromatic heterocycles. The molecule has 1 aliphatic carbocycles. The highest BCUT2D eigenvalue weighted by molar-refractivity contribution is 5.79. The highest BCUT2D eigenvalue weighted by atomic mass is 16.4. The van der Waals surface area contributed by atoms with E-state index in [1.807, 2.05) is 6.07 Å². The minimum Gasteiger partial charge on any atom is -0.479 e. The molecule has 1 atom stereocenters. The molecule has 1 aliphatic rings. The first-order valence-corrected chi connectivity index (χ1v) is 6.17. The molecule has 1 aromatic carbocycles. The molecule has 0 saturated heterocycles. The number of hydrogen-bond donors (Lipinski definition) is 2. The lowest BCUT2D eigenvalue weighted by Gasteiger charge is -2.35. The van der Waals surface area contributed by atoms with Crippen LogP contribution in [0.3, 0.4) is 0 Å². The van der Waals surface area contributed by atoms with Crippen LogP contribution >= 0.6 is 0 Å². The van der Waals surface area contributed by atoms with Crippen LogP contribution in [-0.4, -0.2) is 16.2 Å². The van der Waals surface area contributed by atoms with Crippen molar-refractivity contribution in [3.63, 3.8) is 0 Å². The summed E-state index contributed by atoms with van der Waals surface area (Å²) in [5.74, 6) is -1.30. The van der Waals surface area contributed by atoms with E-state index in [-0.39, 0.29) is 13.3 Å². The van der Waals surface area contributed by atoms with E-state index in [9.17, 15) is 15.0 Å². The topological polar surface area (TPSA) is 57.5 Å². The van der Waals surface area contributed by atoms with E-state index < -0.39 is 11.6 Å². The largest absolute Gasteiger partial charge is 0.479 e. The lowest BCUT2D eigenvalue weighted by Crippen LogP contribution is -2.43. The fraction of sp³-hybridized carbons (Fsp3) is 0.533. The molecule has 0 heterocycles. The summed E-state index contributed by atoms with van der Waals surface area (Å²) in [6.07, 6.45) is 4.73. The number of carboxylic acids is 1. The van der Waals surface area contributed by atoms with Gasteiger partial charge in [-0.3, -0.25) is 0 Å². The average Bonchev–Trinajstić information content (AvgIpc) is 2.39. The van der Waals surface area contributed by atoms with Crippen molar-refractivity contribution >= 4 is 5.97 Å². The molecule has 1 fully saturated rings. The molecule has 0 radical (unpaired) electrons. The number of benzene rings is 1. The Morgan fingerprint density at radius 1 is 1.11 bits per heavy atom. The molecule has 3 heteroatoms. The minimum atomic E-state index is -1.72. The summed E-state index contributed by atoms with van der Waals surface area (Å²) >= 11 is 0. The quantitative estimate of drug-likeness (QED) is 0.866. The van der Waals surface area contributed by atoms with Crippen LogP contribution in [0.1, 0.15) is 45.1 Å². The number of carbonyl (C=O) groups is 1. The predicted octanol–water partition coefficient (Wildman–Crippen LogP) is 3.18. The zero-order valence-corrected chi connectivity index (χ0v) is 9.80. The number of rotatable bonds is 3. The molecule has 2 rings (SSSR count). The first-order chi connectivity index (χ1) is 8.15. The second kappa shape index (κ2) is 6.01. The molecule has 2 N–H and O–H groups in total. The van der Waals surface area contributed by atoms with Crippen molar-refractivity contribution in [3.8, 4) is 0 Å². The third-order valence-corrected chi connectivity index (χ3v) is 3.74. The lowest BCUT2D eigenvalue weighted by molar-refractivity contribution is -0.168. The summed E-state index contributed by atoms with van der Waals surface area (Å²) < 4.78 is 0. The maximum absolute atomic E-state index is 11.5. The summed E-state index contributed by atoms with van der Waals surface area (Å²) in [5.41, 5.74) is -1.22. The second-order valence-electron chi connectivity index (χ2n) is 4.77. The maximum Gasteiger partial charge on any atom is 0.340 e. The van der Waals surface area contributed by atoms with Gasteiger partial charge in [0.25, 0.3) is 0 Å². The average molecular weight is 250 g/mol. The first kappa shape index (κ1) is 14.7. The van der Waals surface area contributed by atoms with Crippen molar-refractivity contribution in [3.05, 3.63) is 35.9 Å². The molecule has 0 spiro atoms. The molecule has 1 unspecified atom stereocenters. The van der Waals surface area contributed by atoms with E-state index in [0.717, 1.165) is 32.1 Å². The summed E-state index contributed by atoms with van der Waals surface area (Å²) in [5, 5.41) is 20.0. The van der Waals surface area contributed by atoms with Gasteiger partial charge in [0, 0.05) is 5.92 Å². The molecule has 1 saturated carbocycles. The Balaban J connectivity index is 0.00000162. The number of hydrogen-bond acceptors (Lipinski definition) is 2. The van der Waals surface area contributed by atoms with Crippen LogP contribution in [0.15, 0.2) is 30.3 Å². The third kappa shape index (κ3) is 2.56. The smallest absolute Gasteiger partial charge is 0.340 e. The van der Waals surface area contributed by atoms with Crippen LogP contribution in [0.5, 0.6) is 0 Å². The summed E-state index contributed by atoms with van der Waals surface area (Å²) in [6, 6.07) is 8.76. The molecule has 3 nitrogen and oxygen atoms in total. The summed E-state index contributed by atoms with van der Waals surface area (Å²) in [7, 11) is 0. The molecule has 0 bridgehead atoms. The van der Waals surface area contributed by atoms with Crippen molar-refractivity contribution < 1.29 is 15.0 Å². The first-order valence-electron chi connectivity index (χ1n) is 6.17. The second-order valence-corrected chi connectivity index (χ2v) is 4.77. The van der Waals surface area contributed by atoms with Crippen LogP contribution in [0.2, 0.25) is 0 Å². The standard InChI is InChI=1S/C14H18O3.CH4/c15-13(16)14(17,11-7-3-1-4-8-11)12-9-5-2-6-10-12;/h1,3-4,7-8,12,17H,2,5-6,9-10H2,(H,15,16);1H4. The Labute approximate surface area is 108 Å². The summed E-state index contributed by atoms with van der Waals surface area (Å²) in [4.78, 5) is 11.5. The van der Waals surface area contributed by atoms with Crippen LogP contribution in [0.25, 0.3) is 0 Å². The maximum atomic E-state index is 11.5. The lowest BCUT2D eigenvalue weighted by atomic mass is 9.73. The Bertz CT molecular complexity index is 382. The van der Waals surface area contributed by atoms with Crippen LogP contribution in [0, 0.1) is 5.92 Å². The van der Waals surface area contributed by atoms with Gasteiger partial charge in [0.05, 0.1) is 0 Å². The third-order valence-electron chi connectivity index (χ3n) is 3.74. The van der Waals surface area contributed by atoms with Gasteiger partial charge < -0.3 is 10.2 Å². The van der Waals surface area contributed by atoms with E-state index in [0.29, 0.717) is 5.56 Å². The van der Waals surface area contributed by atoms with E-state index in [1.54, 1.807) is 24.3 Å². The van der Waals surface area contributed by atoms with E-state index in [2.05, 4.69) is 0 Å².